The number of fused-ring (bicyclic) bond motifs is 1. The molecule has 2 aromatic rings. The monoisotopic (exact) mass is 226 g/mol. The number of carbonyl (C=O) groups is 1. The van der Waals surface area contributed by atoms with E-state index in [0.717, 1.165) is 0 Å². The number of thiol groups is 1. The Morgan fingerprint density at radius 1 is 1.43 bits per heavy atom. The second-order valence-electron chi connectivity index (χ2n) is 2.76. The van der Waals surface area contributed by atoms with Gasteiger partial charge in [-0.15, -0.1) is 24.0 Å². The SMILES string of the molecule is O=C(O)c1csc2c(O)ccc(S)c12. The molecule has 1 aromatic carbocycles. The van der Waals surface area contributed by atoms with Crippen molar-refractivity contribution in [2.24, 2.45) is 0 Å². The Labute approximate surface area is 89.0 Å². The maximum atomic E-state index is 10.8. The molecule has 0 saturated heterocycles. The number of phenols is 1. The van der Waals surface area contributed by atoms with Crippen molar-refractivity contribution in [1.29, 1.82) is 0 Å². The van der Waals surface area contributed by atoms with Gasteiger partial charge in [-0.1, -0.05) is 0 Å². The molecule has 0 unspecified atom stereocenters. The van der Waals surface area contributed by atoms with E-state index < -0.39 is 5.97 Å². The largest absolute Gasteiger partial charge is 0.506 e. The fourth-order valence-corrected chi connectivity index (χ4v) is 2.64. The Bertz CT molecular complexity index is 516. The summed E-state index contributed by atoms with van der Waals surface area (Å²) in [5.74, 6) is -0.910. The van der Waals surface area contributed by atoms with Gasteiger partial charge in [0.15, 0.2) is 0 Å². The molecule has 0 fully saturated rings. The smallest absolute Gasteiger partial charge is 0.337 e. The molecule has 0 saturated carbocycles. The summed E-state index contributed by atoms with van der Waals surface area (Å²) in [5, 5.41) is 20.4. The quantitative estimate of drug-likeness (QED) is 0.655. The molecule has 1 aromatic heterocycles. The molecule has 2 N–H and O–H groups in total. The lowest BCUT2D eigenvalue weighted by atomic mass is 10.2. The molecule has 0 aliphatic carbocycles. The summed E-state index contributed by atoms with van der Waals surface area (Å²) in [4.78, 5) is 11.4. The number of thiophene rings is 1. The minimum Gasteiger partial charge on any atom is -0.506 e. The number of aromatic hydroxyl groups is 1. The third-order valence-electron chi connectivity index (χ3n) is 1.91. The highest BCUT2D eigenvalue weighted by molar-refractivity contribution is 7.80. The van der Waals surface area contributed by atoms with Crippen molar-refractivity contribution in [1.82, 2.24) is 0 Å². The summed E-state index contributed by atoms with van der Waals surface area (Å²) in [6.07, 6.45) is 0. The van der Waals surface area contributed by atoms with Crippen molar-refractivity contribution in [2.45, 2.75) is 4.90 Å². The van der Waals surface area contributed by atoms with Crippen LogP contribution in [0.3, 0.4) is 0 Å². The Morgan fingerprint density at radius 3 is 2.79 bits per heavy atom. The predicted octanol–water partition coefficient (Wildman–Crippen LogP) is 2.59. The summed E-state index contributed by atoms with van der Waals surface area (Å²) in [6, 6.07) is 3.09. The third kappa shape index (κ3) is 1.25. The lowest BCUT2D eigenvalue weighted by Gasteiger charge is -1.99. The van der Waals surface area contributed by atoms with E-state index in [0.29, 0.717) is 15.0 Å². The molecule has 2 rings (SSSR count). The van der Waals surface area contributed by atoms with Gasteiger partial charge in [0.1, 0.15) is 5.75 Å². The van der Waals surface area contributed by atoms with E-state index in [4.69, 9.17) is 5.11 Å². The average Bonchev–Trinajstić information content (AvgIpc) is 2.56. The lowest BCUT2D eigenvalue weighted by Crippen LogP contribution is -1.93. The van der Waals surface area contributed by atoms with Crippen molar-refractivity contribution in [3.63, 3.8) is 0 Å². The lowest BCUT2D eigenvalue weighted by molar-refractivity contribution is 0.0699. The summed E-state index contributed by atoms with van der Waals surface area (Å²) in [6.45, 7) is 0. The standard InChI is InChI=1S/C9H6O3S2/c10-5-1-2-6(13)7-4(9(11)12)3-14-8(5)7/h1-3,10,13H,(H,11,12). The molecule has 1 heterocycles. The first-order valence-corrected chi connectivity index (χ1v) is 5.09. The number of phenolic OH excluding ortho intramolecular Hbond substituents is 1. The normalized spacial score (nSPS) is 10.6. The summed E-state index contributed by atoms with van der Waals surface area (Å²) in [5.41, 5.74) is 0.186. The van der Waals surface area contributed by atoms with E-state index in [1.165, 1.54) is 22.8 Å². The van der Waals surface area contributed by atoms with Gasteiger partial charge in [0.05, 0.1) is 10.3 Å². The zero-order chi connectivity index (χ0) is 10.3. The van der Waals surface area contributed by atoms with Gasteiger partial charge >= 0.3 is 5.97 Å². The van der Waals surface area contributed by atoms with Crippen LogP contribution < -0.4 is 0 Å². The third-order valence-corrected chi connectivity index (χ3v) is 3.28. The fraction of sp³-hybridized carbons (Fsp3) is 0. The number of carboxylic acids is 1. The first-order valence-electron chi connectivity index (χ1n) is 3.76. The van der Waals surface area contributed by atoms with Crippen LogP contribution in [-0.4, -0.2) is 16.2 Å². The zero-order valence-electron chi connectivity index (χ0n) is 6.89. The van der Waals surface area contributed by atoms with Crippen LogP contribution in [-0.2, 0) is 0 Å². The van der Waals surface area contributed by atoms with Crippen molar-refractivity contribution >= 4 is 40.0 Å². The highest BCUT2D eigenvalue weighted by atomic mass is 32.1. The van der Waals surface area contributed by atoms with E-state index in [1.807, 2.05) is 0 Å². The summed E-state index contributed by atoms with van der Waals surface area (Å²) >= 11 is 5.36. The first-order chi connectivity index (χ1) is 6.61. The average molecular weight is 226 g/mol. The molecular formula is C9H6O3S2. The number of hydrogen-bond acceptors (Lipinski definition) is 4. The van der Waals surface area contributed by atoms with E-state index in [-0.39, 0.29) is 11.3 Å². The molecule has 0 radical (unpaired) electrons. The number of hydrogen-bond donors (Lipinski definition) is 3. The van der Waals surface area contributed by atoms with Crippen molar-refractivity contribution in [3.05, 3.63) is 23.1 Å². The molecule has 5 heteroatoms. The number of rotatable bonds is 1. The molecule has 3 nitrogen and oxygen atoms in total. The van der Waals surface area contributed by atoms with E-state index in [9.17, 15) is 9.90 Å². The van der Waals surface area contributed by atoms with Crippen LogP contribution >= 0.6 is 24.0 Å². The van der Waals surface area contributed by atoms with Crippen LogP contribution in [0, 0.1) is 0 Å². The molecular weight excluding hydrogens is 220 g/mol. The summed E-state index contributed by atoms with van der Waals surface area (Å²) in [7, 11) is 0. The van der Waals surface area contributed by atoms with Crippen LogP contribution in [0.5, 0.6) is 5.75 Å². The molecule has 14 heavy (non-hydrogen) atoms. The highest BCUT2D eigenvalue weighted by Gasteiger charge is 2.15. The Hall–Kier alpha value is -1.20. The van der Waals surface area contributed by atoms with Crippen LogP contribution in [0.4, 0.5) is 0 Å². The molecule has 0 spiro atoms. The van der Waals surface area contributed by atoms with Gasteiger partial charge in [-0.05, 0) is 12.1 Å². The van der Waals surface area contributed by atoms with Crippen LogP contribution in [0.2, 0.25) is 0 Å². The molecule has 0 aliphatic rings. The van der Waals surface area contributed by atoms with E-state index in [1.54, 1.807) is 6.07 Å². The fourth-order valence-electron chi connectivity index (χ4n) is 1.27. The second kappa shape index (κ2) is 3.18. The van der Waals surface area contributed by atoms with Gasteiger partial charge in [0.2, 0.25) is 0 Å². The predicted molar refractivity (Wildman–Crippen MR) is 57.7 cm³/mol. The van der Waals surface area contributed by atoms with Gasteiger partial charge in [-0.25, -0.2) is 4.79 Å². The van der Waals surface area contributed by atoms with E-state index in [2.05, 4.69) is 12.6 Å². The zero-order valence-corrected chi connectivity index (χ0v) is 8.60. The van der Waals surface area contributed by atoms with Crippen LogP contribution in [0.15, 0.2) is 22.4 Å². The van der Waals surface area contributed by atoms with Crippen LogP contribution in [0.1, 0.15) is 10.4 Å². The van der Waals surface area contributed by atoms with Gasteiger partial charge in [0, 0.05) is 15.7 Å². The molecule has 72 valence electrons. The Morgan fingerprint density at radius 2 is 2.14 bits per heavy atom. The van der Waals surface area contributed by atoms with Crippen LogP contribution in [0.25, 0.3) is 10.1 Å². The Kier molecular flexibility index (Phi) is 2.13. The molecule has 0 atom stereocenters. The number of benzene rings is 1. The highest BCUT2D eigenvalue weighted by Crippen LogP contribution is 2.36. The maximum Gasteiger partial charge on any atom is 0.337 e. The maximum absolute atomic E-state index is 10.8. The second-order valence-corrected chi connectivity index (χ2v) is 4.12. The molecule has 0 aliphatic heterocycles. The minimum absolute atomic E-state index is 0.0929. The van der Waals surface area contributed by atoms with Gasteiger partial charge in [0.25, 0.3) is 0 Å². The first kappa shape index (κ1) is 9.36. The van der Waals surface area contributed by atoms with Crippen molar-refractivity contribution in [2.75, 3.05) is 0 Å². The number of aromatic carboxylic acids is 1. The molecule has 0 amide bonds. The number of carboxylic acid groups (broad SMARTS) is 1. The van der Waals surface area contributed by atoms with Gasteiger partial charge < -0.3 is 10.2 Å². The summed E-state index contributed by atoms with van der Waals surface area (Å²) < 4.78 is 0.565. The van der Waals surface area contributed by atoms with Crippen molar-refractivity contribution < 1.29 is 15.0 Å². The van der Waals surface area contributed by atoms with Gasteiger partial charge in [-0.3, -0.25) is 0 Å². The Balaban J connectivity index is 2.90. The topological polar surface area (TPSA) is 57.5 Å². The minimum atomic E-state index is -1.00. The van der Waals surface area contributed by atoms with Gasteiger partial charge in [-0.2, -0.15) is 0 Å². The van der Waals surface area contributed by atoms with Crippen molar-refractivity contribution in [3.8, 4) is 5.75 Å². The van der Waals surface area contributed by atoms with E-state index >= 15 is 0 Å². The molecule has 0 bridgehead atoms.